The standard InChI is InChI=1S/C12H17FN2O2S/c1-9-7-11(3-4-12(9)13)18(16,17)15-6-5-14-10(2)8-15/h3-4,7,10,14H,5-6,8H2,1-2H3. The molecule has 1 N–H and O–H groups in total. The van der Waals surface area contributed by atoms with Gasteiger partial charge in [-0.1, -0.05) is 0 Å². The van der Waals surface area contributed by atoms with Crippen LogP contribution in [0.1, 0.15) is 12.5 Å². The van der Waals surface area contributed by atoms with Gasteiger partial charge in [0.05, 0.1) is 4.90 Å². The number of halogens is 1. The Morgan fingerprint density at radius 1 is 1.44 bits per heavy atom. The largest absolute Gasteiger partial charge is 0.312 e. The summed E-state index contributed by atoms with van der Waals surface area (Å²) in [5.74, 6) is -0.386. The van der Waals surface area contributed by atoms with Gasteiger partial charge in [-0.2, -0.15) is 4.31 Å². The number of benzene rings is 1. The summed E-state index contributed by atoms with van der Waals surface area (Å²) < 4.78 is 39.4. The molecule has 0 aromatic heterocycles. The van der Waals surface area contributed by atoms with E-state index in [4.69, 9.17) is 0 Å². The number of nitrogens with one attached hydrogen (secondary N) is 1. The number of piperazine rings is 1. The first-order valence-electron chi connectivity index (χ1n) is 5.91. The van der Waals surface area contributed by atoms with E-state index < -0.39 is 10.0 Å². The minimum atomic E-state index is -3.51. The van der Waals surface area contributed by atoms with Gasteiger partial charge in [0.2, 0.25) is 10.0 Å². The van der Waals surface area contributed by atoms with Gasteiger partial charge in [-0.3, -0.25) is 0 Å². The van der Waals surface area contributed by atoms with Crippen LogP contribution in [0.4, 0.5) is 4.39 Å². The van der Waals surface area contributed by atoms with E-state index >= 15 is 0 Å². The smallest absolute Gasteiger partial charge is 0.243 e. The van der Waals surface area contributed by atoms with Gasteiger partial charge < -0.3 is 5.32 Å². The third kappa shape index (κ3) is 2.55. The fourth-order valence-electron chi connectivity index (χ4n) is 2.04. The second-order valence-corrected chi connectivity index (χ2v) is 6.57. The van der Waals surface area contributed by atoms with Crippen molar-refractivity contribution in [2.24, 2.45) is 0 Å². The van der Waals surface area contributed by atoms with Gasteiger partial charge >= 0.3 is 0 Å². The monoisotopic (exact) mass is 272 g/mol. The third-order valence-corrected chi connectivity index (χ3v) is 4.96. The molecule has 100 valence electrons. The first-order valence-corrected chi connectivity index (χ1v) is 7.35. The van der Waals surface area contributed by atoms with Gasteiger partial charge in [-0.15, -0.1) is 0 Å². The highest BCUT2D eigenvalue weighted by molar-refractivity contribution is 7.89. The average Bonchev–Trinajstić information content (AvgIpc) is 2.32. The molecule has 0 saturated carbocycles. The molecule has 18 heavy (non-hydrogen) atoms. The fourth-order valence-corrected chi connectivity index (χ4v) is 3.66. The first kappa shape index (κ1) is 13.5. The number of aryl methyl sites for hydroxylation is 1. The summed E-state index contributed by atoms with van der Waals surface area (Å²) in [5, 5.41) is 3.19. The molecule has 1 aliphatic heterocycles. The third-order valence-electron chi connectivity index (χ3n) is 3.10. The van der Waals surface area contributed by atoms with Crippen LogP contribution in [0.2, 0.25) is 0 Å². The SMILES string of the molecule is Cc1cc(S(=O)(=O)N2CCNC(C)C2)ccc1F. The van der Waals surface area contributed by atoms with Crippen LogP contribution in [-0.2, 0) is 10.0 Å². The Bertz CT molecular complexity index is 545. The van der Waals surface area contributed by atoms with Gasteiger partial charge in [0.1, 0.15) is 5.82 Å². The molecular formula is C12H17FN2O2S. The topological polar surface area (TPSA) is 49.4 Å². The Morgan fingerprint density at radius 2 is 2.17 bits per heavy atom. The Balaban J connectivity index is 2.32. The van der Waals surface area contributed by atoms with Crippen LogP contribution in [0.15, 0.2) is 23.1 Å². The maximum Gasteiger partial charge on any atom is 0.243 e. The molecule has 0 radical (unpaired) electrons. The second kappa shape index (κ2) is 4.95. The second-order valence-electron chi connectivity index (χ2n) is 4.63. The summed E-state index contributed by atoms with van der Waals surface area (Å²) >= 11 is 0. The summed E-state index contributed by atoms with van der Waals surface area (Å²) in [5.41, 5.74) is 0.347. The molecule has 0 spiro atoms. The van der Waals surface area contributed by atoms with Crippen molar-refractivity contribution in [3.8, 4) is 0 Å². The number of rotatable bonds is 2. The number of sulfonamides is 1. The summed E-state index contributed by atoms with van der Waals surface area (Å²) in [7, 11) is -3.51. The molecule has 1 unspecified atom stereocenters. The number of hydrogen-bond donors (Lipinski definition) is 1. The average molecular weight is 272 g/mol. The van der Waals surface area contributed by atoms with Crippen LogP contribution < -0.4 is 5.32 Å². The molecule has 6 heteroatoms. The summed E-state index contributed by atoms with van der Waals surface area (Å²) in [6.07, 6.45) is 0. The lowest BCUT2D eigenvalue weighted by Gasteiger charge is -2.31. The van der Waals surface area contributed by atoms with E-state index in [0.29, 0.717) is 25.2 Å². The first-order chi connectivity index (χ1) is 8.41. The van der Waals surface area contributed by atoms with Crippen molar-refractivity contribution in [2.45, 2.75) is 24.8 Å². The molecule has 1 aromatic rings. The van der Waals surface area contributed by atoms with E-state index in [9.17, 15) is 12.8 Å². The van der Waals surface area contributed by atoms with E-state index in [1.165, 1.54) is 22.5 Å². The maximum absolute atomic E-state index is 13.2. The molecule has 1 aliphatic rings. The molecule has 0 aliphatic carbocycles. The molecule has 2 rings (SSSR count). The van der Waals surface area contributed by atoms with Gasteiger partial charge in [0, 0.05) is 25.7 Å². The minimum absolute atomic E-state index is 0.134. The molecule has 1 fully saturated rings. The van der Waals surface area contributed by atoms with Crippen molar-refractivity contribution in [2.75, 3.05) is 19.6 Å². The summed E-state index contributed by atoms with van der Waals surface area (Å²) in [6, 6.07) is 4.05. The molecule has 0 bridgehead atoms. The van der Waals surface area contributed by atoms with Crippen molar-refractivity contribution in [1.29, 1.82) is 0 Å². The van der Waals surface area contributed by atoms with Crippen LogP contribution in [0.5, 0.6) is 0 Å². The predicted molar refractivity (Wildman–Crippen MR) is 67.4 cm³/mol. The molecule has 1 saturated heterocycles. The lowest BCUT2D eigenvalue weighted by molar-refractivity contribution is 0.310. The molecule has 1 heterocycles. The summed E-state index contributed by atoms with van der Waals surface area (Å²) in [4.78, 5) is 0.163. The van der Waals surface area contributed by atoms with Gasteiger partial charge in [-0.05, 0) is 37.6 Å². The van der Waals surface area contributed by atoms with Crippen LogP contribution in [-0.4, -0.2) is 38.4 Å². The number of hydrogen-bond acceptors (Lipinski definition) is 3. The quantitative estimate of drug-likeness (QED) is 0.877. The predicted octanol–water partition coefficient (Wildman–Crippen LogP) is 1.12. The normalized spacial score (nSPS) is 22.1. The fraction of sp³-hybridized carbons (Fsp3) is 0.500. The molecule has 1 atom stereocenters. The van der Waals surface area contributed by atoms with Gasteiger partial charge in [-0.25, -0.2) is 12.8 Å². The van der Waals surface area contributed by atoms with E-state index in [-0.39, 0.29) is 16.8 Å². The summed E-state index contributed by atoms with van der Waals surface area (Å²) in [6.45, 7) is 5.04. The number of nitrogens with zero attached hydrogens (tertiary/aromatic N) is 1. The van der Waals surface area contributed by atoms with E-state index in [0.717, 1.165) is 0 Å². The molecule has 1 aromatic carbocycles. The Morgan fingerprint density at radius 3 is 2.78 bits per heavy atom. The van der Waals surface area contributed by atoms with Crippen LogP contribution >= 0.6 is 0 Å². The van der Waals surface area contributed by atoms with Crippen molar-refractivity contribution in [1.82, 2.24) is 9.62 Å². The van der Waals surface area contributed by atoms with Crippen molar-refractivity contribution < 1.29 is 12.8 Å². The van der Waals surface area contributed by atoms with Crippen LogP contribution in [0.25, 0.3) is 0 Å². The highest BCUT2D eigenvalue weighted by atomic mass is 32.2. The van der Waals surface area contributed by atoms with Crippen LogP contribution in [0.3, 0.4) is 0 Å². The lowest BCUT2D eigenvalue weighted by Crippen LogP contribution is -2.51. The van der Waals surface area contributed by atoms with Crippen molar-refractivity contribution >= 4 is 10.0 Å². The Labute approximate surface area is 107 Å². The Kier molecular flexibility index (Phi) is 3.70. The van der Waals surface area contributed by atoms with Crippen LogP contribution in [0, 0.1) is 12.7 Å². The van der Waals surface area contributed by atoms with Crippen molar-refractivity contribution in [3.05, 3.63) is 29.6 Å². The van der Waals surface area contributed by atoms with Gasteiger partial charge in [0.25, 0.3) is 0 Å². The zero-order chi connectivity index (χ0) is 13.3. The van der Waals surface area contributed by atoms with Crippen molar-refractivity contribution in [3.63, 3.8) is 0 Å². The Hall–Kier alpha value is -0.980. The highest BCUT2D eigenvalue weighted by Gasteiger charge is 2.28. The van der Waals surface area contributed by atoms with E-state index in [1.54, 1.807) is 6.92 Å². The minimum Gasteiger partial charge on any atom is -0.312 e. The maximum atomic E-state index is 13.2. The van der Waals surface area contributed by atoms with E-state index in [2.05, 4.69) is 5.32 Å². The molecule has 4 nitrogen and oxygen atoms in total. The lowest BCUT2D eigenvalue weighted by atomic mass is 10.2. The highest BCUT2D eigenvalue weighted by Crippen LogP contribution is 2.19. The van der Waals surface area contributed by atoms with E-state index in [1.807, 2.05) is 6.92 Å². The molecule has 0 amide bonds. The zero-order valence-electron chi connectivity index (χ0n) is 10.5. The molecular weight excluding hydrogens is 255 g/mol. The van der Waals surface area contributed by atoms with Gasteiger partial charge in [0.15, 0.2) is 0 Å². The zero-order valence-corrected chi connectivity index (χ0v) is 11.3.